The van der Waals surface area contributed by atoms with Crippen LogP contribution in [0.25, 0.3) is 0 Å². The Labute approximate surface area is 106 Å². The summed E-state index contributed by atoms with van der Waals surface area (Å²) in [6, 6.07) is 5.33. The Bertz CT molecular complexity index is 352. The number of aliphatic hydroxyl groups excluding tert-OH is 1. The highest BCUT2D eigenvalue weighted by atomic mass is 79.9. The molecule has 0 aliphatic carbocycles. The lowest BCUT2D eigenvalue weighted by atomic mass is 10.2. The van der Waals surface area contributed by atoms with Gasteiger partial charge in [0.05, 0.1) is 5.02 Å². The first-order valence-corrected chi connectivity index (χ1v) is 5.78. The van der Waals surface area contributed by atoms with E-state index in [1.807, 2.05) is 6.07 Å². The van der Waals surface area contributed by atoms with Gasteiger partial charge in [-0.25, -0.2) is 8.78 Å². The molecule has 0 aliphatic heterocycles. The number of hydrogen-bond donors (Lipinski definition) is 2. The van der Waals surface area contributed by atoms with Crippen LogP contribution in [-0.2, 0) is 6.54 Å². The highest BCUT2D eigenvalue weighted by Crippen LogP contribution is 2.23. The number of aliphatic hydroxyl groups is 1. The Kier molecular flexibility index (Phi) is 5.61. The van der Waals surface area contributed by atoms with E-state index in [1.54, 1.807) is 12.1 Å². The molecule has 0 saturated carbocycles. The summed E-state index contributed by atoms with van der Waals surface area (Å²) in [6.45, 7) is 0.238. The largest absolute Gasteiger partial charge is 0.386 e. The number of alkyl halides is 2. The van der Waals surface area contributed by atoms with Gasteiger partial charge in [-0.1, -0.05) is 17.7 Å². The zero-order valence-electron chi connectivity index (χ0n) is 8.26. The Morgan fingerprint density at radius 2 is 2.12 bits per heavy atom. The zero-order valence-corrected chi connectivity index (χ0v) is 10.6. The van der Waals surface area contributed by atoms with Crippen LogP contribution < -0.4 is 5.32 Å². The van der Waals surface area contributed by atoms with E-state index in [2.05, 4.69) is 21.2 Å². The minimum atomic E-state index is -2.72. The van der Waals surface area contributed by atoms with Gasteiger partial charge in [-0.2, -0.15) is 0 Å². The van der Waals surface area contributed by atoms with E-state index in [1.165, 1.54) is 0 Å². The van der Waals surface area contributed by atoms with Crippen LogP contribution in [0.3, 0.4) is 0 Å². The van der Waals surface area contributed by atoms with Crippen LogP contribution in [0, 0.1) is 0 Å². The molecular weight excluding hydrogens is 303 g/mol. The van der Waals surface area contributed by atoms with Crippen molar-refractivity contribution in [3.63, 3.8) is 0 Å². The van der Waals surface area contributed by atoms with E-state index in [0.717, 1.165) is 10.0 Å². The van der Waals surface area contributed by atoms with E-state index in [9.17, 15) is 8.78 Å². The van der Waals surface area contributed by atoms with Gasteiger partial charge in [-0.05, 0) is 33.6 Å². The van der Waals surface area contributed by atoms with Gasteiger partial charge in [-0.15, -0.1) is 0 Å². The molecule has 16 heavy (non-hydrogen) atoms. The fourth-order valence-corrected chi connectivity index (χ4v) is 1.55. The van der Waals surface area contributed by atoms with Crippen molar-refractivity contribution in [3.05, 3.63) is 33.3 Å². The predicted molar refractivity (Wildman–Crippen MR) is 62.9 cm³/mol. The summed E-state index contributed by atoms with van der Waals surface area (Å²) in [5.74, 6) is 0. The summed E-state index contributed by atoms with van der Waals surface area (Å²) < 4.78 is 24.7. The van der Waals surface area contributed by atoms with Gasteiger partial charge in [0, 0.05) is 17.6 Å². The molecule has 0 spiro atoms. The third-order valence-corrected chi connectivity index (χ3v) is 3.19. The van der Waals surface area contributed by atoms with Gasteiger partial charge in [-0.3, -0.25) is 0 Å². The molecule has 2 N–H and O–H groups in total. The molecule has 0 aliphatic rings. The van der Waals surface area contributed by atoms with Gasteiger partial charge < -0.3 is 10.4 Å². The smallest absolute Gasteiger partial charge is 0.265 e. The van der Waals surface area contributed by atoms with Crippen molar-refractivity contribution in [2.45, 2.75) is 19.1 Å². The van der Waals surface area contributed by atoms with Crippen LogP contribution in [-0.4, -0.2) is 24.2 Å². The maximum Gasteiger partial charge on any atom is 0.265 e. The number of hydrogen-bond acceptors (Lipinski definition) is 2. The second kappa shape index (κ2) is 6.49. The third-order valence-electron chi connectivity index (χ3n) is 1.96. The summed E-state index contributed by atoms with van der Waals surface area (Å²) in [7, 11) is 0. The molecule has 1 atom stereocenters. The topological polar surface area (TPSA) is 32.3 Å². The number of halogens is 4. The lowest BCUT2D eigenvalue weighted by Crippen LogP contribution is -2.31. The fourth-order valence-electron chi connectivity index (χ4n) is 1.10. The lowest BCUT2D eigenvalue weighted by Gasteiger charge is -2.10. The molecule has 0 radical (unpaired) electrons. The molecule has 0 aromatic heterocycles. The number of rotatable bonds is 5. The molecule has 0 fully saturated rings. The summed E-state index contributed by atoms with van der Waals surface area (Å²) >= 11 is 9.11. The van der Waals surface area contributed by atoms with Crippen molar-refractivity contribution in [2.24, 2.45) is 0 Å². The maximum atomic E-state index is 12.0. The molecule has 6 heteroatoms. The molecule has 0 saturated heterocycles. The number of benzene rings is 1. The van der Waals surface area contributed by atoms with Crippen LogP contribution >= 0.6 is 27.5 Å². The Hall–Kier alpha value is -0.230. The highest BCUT2D eigenvalue weighted by Gasteiger charge is 2.15. The summed E-state index contributed by atoms with van der Waals surface area (Å²) in [6.07, 6.45) is -4.35. The molecule has 0 amide bonds. The van der Waals surface area contributed by atoms with E-state index in [4.69, 9.17) is 16.7 Å². The van der Waals surface area contributed by atoms with E-state index in [0.29, 0.717) is 11.6 Å². The summed E-state index contributed by atoms with van der Waals surface area (Å²) in [5, 5.41) is 12.1. The fraction of sp³-hybridized carbons (Fsp3) is 0.400. The summed E-state index contributed by atoms with van der Waals surface area (Å²) in [5.41, 5.74) is 0.870. The third kappa shape index (κ3) is 4.33. The van der Waals surface area contributed by atoms with Crippen molar-refractivity contribution >= 4 is 27.5 Å². The number of nitrogens with one attached hydrogen (secondary N) is 1. The molecular formula is C10H11BrClF2NO. The molecule has 1 aromatic carbocycles. The zero-order chi connectivity index (χ0) is 12.1. The first-order valence-electron chi connectivity index (χ1n) is 4.61. The van der Waals surface area contributed by atoms with Gasteiger partial charge in [0.25, 0.3) is 6.43 Å². The van der Waals surface area contributed by atoms with Crippen LogP contribution in [0.2, 0.25) is 5.02 Å². The SMILES string of the molecule is OC(CNCc1ccc(Br)c(Cl)c1)C(F)F. The molecule has 1 aromatic rings. The predicted octanol–water partition coefficient (Wildman–Crippen LogP) is 2.82. The Balaban J connectivity index is 2.40. The monoisotopic (exact) mass is 313 g/mol. The van der Waals surface area contributed by atoms with Crippen LogP contribution in [0.4, 0.5) is 8.78 Å². The first-order chi connectivity index (χ1) is 7.50. The van der Waals surface area contributed by atoms with Crippen molar-refractivity contribution in [1.82, 2.24) is 5.32 Å². The first kappa shape index (κ1) is 13.8. The molecule has 1 unspecified atom stereocenters. The van der Waals surface area contributed by atoms with Crippen molar-refractivity contribution < 1.29 is 13.9 Å². The quantitative estimate of drug-likeness (QED) is 0.876. The minimum Gasteiger partial charge on any atom is -0.386 e. The molecule has 1 rings (SSSR count). The van der Waals surface area contributed by atoms with E-state index < -0.39 is 12.5 Å². The average molecular weight is 315 g/mol. The van der Waals surface area contributed by atoms with Gasteiger partial charge in [0.1, 0.15) is 6.10 Å². The van der Waals surface area contributed by atoms with Crippen molar-refractivity contribution in [1.29, 1.82) is 0 Å². The Morgan fingerprint density at radius 3 is 2.69 bits per heavy atom. The van der Waals surface area contributed by atoms with Crippen LogP contribution in [0.5, 0.6) is 0 Å². The van der Waals surface area contributed by atoms with Crippen molar-refractivity contribution in [2.75, 3.05) is 6.54 Å². The molecule has 90 valence electrons. The lowest BCUT2D eigenvalue weighted by molar-refractivity contribution is -0.00340. The minimum absolute atomic E-state index is 0.147. The van der Waals surface area contributed by atoms with E-state index >= 15 is 0 Å². The van der Waals surface area contributed by atoms with Crippen LogP contribution in [0.1, 0.15) is 5.56 Å². The Morgan fingerprint density at radius 1 is 1.44 bits per heavy atom. The highest BCUT2D eigenvalue weighted by molar-refractivity contribution is 9.10. The second-order valence-corrected chi connectivity index (χ2v) is 4.54. The van der Waals surface area contributed by atoms with Crippen molar-refractivity contribution in [3.8, 4) is 0 Å². The average Bonchev–Trinajstić information content (AvgIpc) is 2.23. The van der Waals surface area contributed by atoms with Gasteiger partial charge >= 0.3 is 0 Å². The maximum absolute atomic E-state index is 12.0. The standard InChI is InChI=1S/C10H11BrClF2NO/c11-7-2-1-6(3-8(7)12)4-15-5-9(16)10(13)14/h1-3,9-10,15-16H,4-5H2. The van der Waals surface area contributed by atoms with Gasteiger partial charge in [0.15, 0.2) is 0 Å². The second-order valence-electron chi connectivity index (χ2n) is 3.28. The van der Waals surface area contributed by atoms with Gasteiger partial charge in [0.2, 0.25) is 0 Å². The normalized spacial score (nSPS) is 13.1. The molecule has 0 heterocycles. The summed E-state index contributed by atoms with van der Waals surface area (Å²) in [4.78, 5) is 0. The van der Waals surface area contributed by atoms with E-state index in [-0.39, 0.29) is 6.54 Å². The molecule has 0 bridgehead atoms. The molecule has 2 nitrogen and oxygen atoms in total. The van der Waals surface area contributed by atoms with Crippen LogP contribution in [0.15, 0.2) is 22.7 Å².